The first-order chi connectivity index (χ1) is 33.7. The molecular weight excluding hydrogens is 1770 g/mol. The number of allylic oxidation sites excluding steroid dienone is 2. The van der Waals surface area contributed by atoms with Crippen LogP contribution in [0, 0.1) is 78.1 Å². The molecule has 5 radical (unpaired) electrons. The van der Waals surface area contributed by atoms with E-state index < -0.39 is 0 Å². The second-order valence-electron chi connectivity index (χ2n) is 15.9. The van der Waals surface area contributed by atoms with Crippen molar-refractivity contribution in [2.45, 2.75) is 81.1 Å². The Morgan fingerprint density at radius 1 is 0.629 bits per heavy atom. The van der Waals surface area contributed by atoms with Crippen molar-refractivity contribution in [3.05, 3.63) is 194 Å². The van der Waals surface area contributed by atoms with E-state index in [4.69, 9.17) is 14.7 Å². The molecule has 13 heteroatoms. The van der Waals surface area contributed by atoms with Gasteiger partial charge in [0.15, 0.2) is 5.78 Å². The second-order valence-corrected chi connectivity index (χ2v) is 15.9. The molecule has 5 N–H and O–H groups in total. The van der Waals surface area contributed by atoms with E-state index in [1.54, 1.807) is 24.5 Å². The summed E-state index contributed by atoms with van der Waals surface area (Å²) >= 11 is 0. The van der Waals surface area contributed by atoms with Crippen LogP contribution in [-0.4, -0.2) is 20.9 Å². The van der Waals surface area contributed by atoms with Gasteiger partial charge in [0.1, 0.15) is 11.6 Å². The van der Waals surface area contributed by atoms with Crippen LogP contribution in [0.2, 0.25) is 4.24 Å². The molecule has 0 aliphatic heterocycles. The number of fused-ring (bicyclic) bond motifs is 6. The molecule has 0 amide bonds. The molecule has 6 nitrogen and oxygen atoms in total. The molecule has 0 saturated carbocycles. The number of pyridine rings is 2. The maximum atomic E-state index is 13.7. The van der Waals surface area contributed by atoms with E-state index in [1.807, 2.05) is 84.1 Å². The summed E-state index contributed by atoms with van der Waals surface area (Å²) in [6, 6.07) is 37.0. The number of hydrogen-bond donors (Lipinski definition) is 1. The van der Waals surface area contributed by atoms with E-state index >= 15 is 0 Å². The van der Waals surface area contributed by atoms with Gasteiger partial charge in [-0.3, -0.25) is 4.79 Å². The first-order valence-corrected chi connectivity index (χ1v) is 21.2. The van der Waals surface area contributed by atoms with Crippen molar-refractivity contribution in [1.82, 2.24) is 9.97 Å². The number of nitrogens with zero attached hydrogens (tertiary/aromatic N) is 2. The van der Waals surface area contributed by atoms with E-state index in [1.165, 1.54) is 29.3 Å². The van der Waals surface area contributed by atoms with Gasteiger partial charge in [-0.2, -0.15) is 4.24 Å². The molecule has 0 aliphatic carbocycles. The molecule has 2 heterocycles. The van der Waals surface area contributed by atoms with E-state index in [-0.39, 0.29) is 143 Å². The van der Waals surface area contributed by atoms with Crippen molar-refractivity contribution in [1.29, 1.82) is 0 Å². The maximum Gasteiger partial charge on any atom is 0.162 e. The Kier molecular flexibility index (Phi) is 30.9. The fraction of sp³-hybridized carbons (Fsp3) is 0.246. The Labute approximate surface area is 492 Å². The van der Waals surface area contributed by atoms with Gasteiger partial charge in [-0.25, -0.2) is 10.2 Å². The van der Waals surface area contributed by atoms with Crippen LogP contribution in [-0.2, 0) is 105 Å². The van der Waals surface area contributed by atoms with Gasteiger partial charge in [-0.05, 0) is 117 Å². The molecule has 0 bridgehead atoms. The minimum absolute atomic E-state index is 0. The Morgan fingerprint density at radius 2 is 0.986 bits per heavy atom. The van der Waals surface area contributed by atoms with Crippen LogP contribution in [0.4, 0.5) is 8.78 Å². The van der Waals surface area contributed by atoms with E-state index in [0.717, 1.165) is 102 Å². The number of carbonyl (C=O) groups excluding carboxylic acids is 1. The summed E-state index contributed by atoms with van der Waals surface area (Å²) in [6.45, 7) is 16.3. The number of aryl methyl sites for hydroxylation is 4. The van der Waals surface area contributed by atoms with Crippen LogP contribution in [0.25, 0.3) is 77.9 Å². The molecule has 70 heavy (non-hydrogen) atoms. The minimum atomic E-state index is -0.221. The van der Waals surface area contributed by atoms with Gasteiger partial charge in [0, 0.05) is 134 Å². The molecule has 8 aromatic rings. The van der Waals surface area contributed by atoms with Crippen molar-refractivity contribution >= 4 is 48.9 Å². The summed E-state index contributed by atoms with van der Waals surface area (Å²) in [4.78, 5) is 20.8. The molecule has 0 fully saturated rings. The molecule has 2 aromatic heterocycles. The summed E-state index contributed by atoms with van der Waals surface area (Å²) in [5.74, 6) is 0.105. The van der Waals surface area contributed by atoms with Gasteiger partial charge in [0.25, 0.3) is 0 Å². The number of aliphatic hydroxyl groups is 1. The fourth-order valence-corrected chi connectivity index (χ4v) is 8.17. The van der Waals surface area contributed by atoms with Crippen LogP contribution in [0.1, 0.15) is 80.0 Å². The smallest absolute Gasteiger partial charge is 0.162 e. The molecule has 6 aromatic carbocycles. The Balaban J connectivity index is -0.000000303. The van der Waals surface area contributed by atoms with Crippen molar-refractivity contribution in [2.75, 3.05) is 0 Å². The Morgan fingerprint density at radius 3 is 1.33 bits per heavy atom. The maximum absolute atomic E-state index is 13.7. The van der Waals surface area contributed by atoms with Crippen LogP contribution in [0.15, 0.2) is 121 Å². The van der Waals surface area contributed by atoms with Gasteiger partial charge in [-0.15, -0.1) is 69.8 Å². The number of rotatable bonds is 9. The summed E-state index contributed by atoms with van der Waals surface area (Å²) in [6.07, 6.45) is 15.5. The van der Waals surface area contributed by atoms with Gasteiger partial charge in [0.05, 0.1) is 5.76 Å². The zero-order valence-electron chi connectivity index (χ0n) is 46.8. The van der Waals surface area contributed by atoms with E-state index in [2.05, 4.69) is 79.7 Å². The van der Waals surface area contributed by atoms with Crippen LogP contribution < -0.4 is 0 Å². The molecule has 0 saturated heterocycles. The standard InChI is InChI=1S/2C21H15FN.C13H24O2.2CH3.5Ir.2H2N.H2/c2*1-13-9-14(2)11-16(10-13)21-19-6-4-15-3-5-17(22)12-20(15)18(19)7-8-23-21;1-5-10(6-2)12(14)9-13(15)11(7-3)8-4;;;;;;;;;;/h2*3-10,12H,1-2H3;9-11,14H,5-8H2,1-4H3;2*1H3;;;;;;2*1H2;1H/q2*-1;;2*-1;;;;;;2*-1;/i;;;1D;;;;;;;;;1+1D/hD3. The van der Waals surface area contributed by atoms with Crippen LogP contribution >= 0.6 is 0 Å². The van der Waals surface area contributed by atoms with Gasteiger partial charge in [-0.1, -0.05) is 91.8 Å². The molecule has 0 atom stereocenters. The quantitative estimate of drug-likeness (QED) is 0.0667. The number of aromatic nitrogens is 2. The number of carbonyl (C=O) groups is 1. The molecule has 0 aliphatic rings. The predicted octanol–water partition coefficient (Wildman–Crippen LogP) is 17.7. The summed E-state index contributed by atoms with van der Waals surface area (Å²) in [5, 5.41) is 17.7. The first-order valence-electron chi connectivity index (χ1n) is 24.3. The van der Waals surface area contributed by atoms with Gasteiger partial charge in [0.2, 0.25) is 0 Å². The molecule has 0 spiro atoms. The predicted molar refractivity (Wildman–Crippen MR) is 275 cm³/mol. The SMILES string of the molecule is CCC(CC)C(=O)C=C(O)C(CC)CC.Cc1[c-]c(-c2nccc3c2ccc2ccc(F)cc23)cc(C)c1.Cc1[c-]c(-c2nccc3c2ccc2ccc(F)cc23)cc(C)c1.[2H][2H].[2H][CH2-].[2H][N-][2H].[2H][NH-].[CH3-].[Ir].[Ir].[Ir].[Ir].[Ir]. The number of ketones is 1. The van der Waals surface area contributed by atoms with Crippen molar-refractivity contribution < 1.29 is 128 Å². The molecule has 391 valence electrons. The van der Waals surface area contributed by atoms with Crippen LogP contribution in [0.5, 0.6) is 0 Å². The number of aliphatic hydroxyl groups excluding tert-OH is 1. The summed E-state index contributed by atoms with van der Waals surface area (Å²) in [7, 11) is 2.50. The zero-order chi connectivity index (χ0) is 52.5. The number of nitrogens with two attached hydrogens (primary N) is 2. The van der Waals surface area contributed by atoms with Gasteiger partial charge < -0.3 is 42.2 Å². The largest absolute Gasteiger partial charge is 0.693 e. The van der Waals surface area contributed by atoms with E-state index in [0.29, 0.717) is 0 Å². The summed E-state index contributed by atoms with van der Waals surface area (Å²) < 4.78 is 58.8. The third-order valence-electron chi connectivity index (χ3n) is 11.3. The van der Waals surface area contributed by atoms with E-state index in [9.17, 15) is 18.7 Å². The molecular formula is C57H66F2Ir5N4O2-6. The summed E-state index contributed by atoms with van der Waals surface area (Å²) in [5.41, 5.74) is 8.27. The fourth-order valence-electron chi connectivity index (χ4n) is 8.17. The molecule has 8 rings (SSSR count). The zero-order valence-corrected chi connectivity index (χ0v) is 52.8. The monoisotopic (exact) mass is 1850 g/mol. The van der Waals surface area contributed by atoms with Crippen molar-refractivity contribution in [3.8, 4) is 22.5 Å². The van der Waals surface area contributed by atoms with Crippen molar-refractivity contribution in [3.63, 3.8) is 0 Å². The normalized spacial score (nSPS) is 10.7. The average Bonchev–Trinajstić information content (AvgIpc) is 3.36. The number of halogens is 2. The first kappa shape index (κ1) is 63.0. The third kappa shape index (κ3) is 18.1. The number of benzene rings is 6. The molecule has 0 unspecified atom stereocenters. The number of hydrogen-bond acceptors (Lipinski definition) is 4. The Bertz CT molecular complexity index is 2740. The van der Waals surface area contributed by atoms with Crippen molar-refractivity contribution in [2.24, 2.45) is 11.8 Å². The average molecular weight is 1840 g/mol. The topological polar surface area (TPSA) is 130 Å². The minimum Gasteiger partial charge on any atom is -0.693 e. The Hall–Kier alpha value is -3.10. The van der Waals surface area contributed by atoms with Crippen LogP contribution in [0.3, 0.4) is 0 Å². The van der Waals surface area contributed by atoms with Gasteiger partial charge >= 0.3 is 0 Å². The second kappa shape index (κ2) is 34.3. The third-order valence-corrected chi connectivity index (χ3v) is 11.3.